The maximum atomic E-state index is 12.0. The van der Waals surface area contributed by atoms with Crippen molar-refractivity contribution in [2.75, 3.05) is 13.2 Å². The number of nitro benzene ring substituents is 1. The van der Waals surface area contributed by atoms with Gasteiger partial charge in [-0.1, -0.05) is 0 Å². The maximum absolute atomic E-state index is 12.0. The number of nitrogens with one attached hydrogen (secondary N) is 2. The zero-order valence-corrected chi connectivity index (χ0v) is 16.1. The van der Waals surface area contributed by atoms with E-state index in [9.17, 15) is 24.5 Å². The summed E-state index contributed by atoms with van der Waals surface area (Å²) < 4.78 is 10.9. The molecule has 154 valence electrons. The molecule has 4 amide bonds. The van der Waals surface area contributed by atoms with Crippen LogP contribution in [0.15, 0.2) is 23.9 Å². The van der Waals surface area contributed by atoms with E-state index in [-0.39, 0.29) is 34.8 Å². The Hall–Kier alpha value is -3.63. The van der Waals surface area contributed by atoms with E-state index >= 15 is 0 Å². The van der Waals surface area contributed by atoms with Crippen LogP contribution in [-0.4, -0.2) is 52.6 Å². The molecule has 0 aromatic heterocycles. The summed E-state index contributed by atoms with van der Waals surface area (Å²) in [6.45, 7) is 6.10. The van der Waals surface area contributed by atoms with Crippen LogP contribution in [0.4, 0.5) is 15.3 Å². The Labute approximate surface area is 165 Å². The molecule has 2 N–H and O–H groups in total. The molecule has 1 aromatic rings. The molecule has 11 nitrogen and oxygen atoms in total. The van der Waals surface area contributed by atoms with Crippen LogP contribution in [-0.2, 0) is 9.53 Å². The van der Waals surface area contributed by atoms with Crippen molar-refractivity contribution in [3.63, 3.8) is 0 Å². The van der Waals surface area contributed by atoms with Gasteiger partial charge in [0.05, 0.1) is 17.0 Å². The third kappa shape index (κ3) is 4.45. The van der Waals surface area contributed by atoms with Crippen molar-refractivity contribution in [2.24, 2.45) is 0 Å². The second kappa shape index (κ2) is 7.41. The molecule has 0 aliphatic carbocycles. The van der Waals surface area contributed by atoms with Crippen LogP contribution in [0.1, 0.15) is 26.3 Å². The minimum absolute atomic E-state index is 0.0589. The molecule has 0 bridgehead atoms. The van der Waals surface area contributed by atoms with Gasteiger partial charge in [-0.15, -0.1) is 0 Å². The van der Waals surface area contributed by atoms with Gasteiger partial charge in [0, 0.05) is 11.6 Å². The van der Waals surface area contributed by atoms with Crippen LogP contribution in [0, 0.1) is 10.1 Å². The molecule has 2 aliphatic heterocycles. The number of ether oxygens (including phenoxy) is 2. The van der Waals surface area contributed by atoms with Gasteiger partial charge in [-0.25, -0.2) is 9.59 Å². The number of rotatable bonds is 5. The molecule has 2 fully saturated rings. The number of hydrogen-bond donors (Lipinski definition) is 2. The number of amides is 4. The highest BCUT2D eigenvalue weighted by atomic mass is 16.6. The predicted molar refractivity (Wildman–Crippen MR) is 100.0 cm³/mol. The van der Waals surface area contributed by atoms with E-state index in [1.807, 2.05) is 26.1 Å². The quantitative estimate of drug-likeness (QED) is 0.330. The zero-order valence-electron chi connectivity index (χ0n) is 16.1. The smallest absolute Gasteiger partial charge is 0.410 e. The molecular weight excluding hydrogens is 384 g/mol. The second-order valence-electron chi connectivity index (χ2n) is 7.54. The third-order valence-corrected chi connectivity index (χ3v) is 4.34. The number of benzene rings is 1. The van der Waals surface area contributed by atoms with E-state index in [1.54, 1.807) is 4.90 Å². The first-order chi connectivity index (χ1) is 13.5. The largest absolute Gasteiger partial charge is 0.490 e. The summed E-state index contributed by atoms with van der Waals surface area (Å²) >= 11 is 0. The maximum Gasteiger partial charge on any atom is 0.410 e. The fourth-order valence-electron chi connectivity index (χ4n) is 2.89. The van der Waals surface area contributed by atoms with Gasteiger partial charge < -0.3 is 14.8 Å². The Balaban J connectivity index is 1.75. The summed E-state index contributed by atoms with van der Waals surface area (Å²) in [5.74, 6) is -0.395. The predicted octanol–water partition coefficient (Wildman–Crippen LogP) is 1.77. The number of urea groups is 1. The van der Waals surface area contributed by atoms with Crippen molar-refractivity contribution in [1.29, 1.82) is 0 Å². The first-order valence-corrected chi connectivity index (χ1v) is 8.78. The summed E-state index contributed by atoms with van der Waals surface area (Å²) in [5, 5.41) is 15.6. The van der Waals surface area contributed by atoms with Crippen LogP contribution < -0.4 is 15.4 Å². The molecule has 2 heterocycles. The number of nitro groups is 1. The number of cyclic esters (lactones) is 1. The SMILES string of the molecule is CC(C)(C)N1CC(COc2ccc([N+](=O)[O-])c(C=C3NC(=O)NC3=O)c2)OC1=O. The average Bonchev–Trinajstić information content (AvgIpc) is 3.14. The lowest BCUT2D eigenvalue weighted by molar-refractivity contribution is -0.385. The Kier molecular flexibility index (Phi) is 5.14. The Morgan fingerprint density at radius 3 is 2.59 bits per heavy atom. The highest BCUT2D eigenvalue weighted by molar-refractivity contribution is 6.14. The highest BCUT2D eigenvalue weighted by Gasteiger charge is 2.38. The molecule has 1 atom stereocenters. The van der Waals surface area contributed by atoms with Crippen molar-refractivity contribution in [3.8, 4) is 5.75 Å². The first-order valence-electron chi connectivity index (χ1n) is 8.78. The monoisotopic (exact) mass is 404 g/mol. The van der Waals surface area contributed by atoms with Crippen molar-refractivity contribution in [2.45, 2.75) is 32.4 Å². The van der Waals surface area contributed by atoms with E-state index in [4.69, 9.17) is 9.47 Å². The topological polar surface area (TPSA) is 140 Å². The van der Waals surface area contributed by atoms with Crippen molar-refractivity contribution in [3.05, 3.63) is 39.6 Å². The van der Waals surface area contributed by atoms with Gasteiger partial charge >= 0.3 is 12.1 Å². The molecule has 1 aromatic carbocycles. The van der Waals surface area contributed by atoms with Crippen molar-refractivity contribution < 1.29 is 28.8 Å². The molecule has 0 saturated carbocycles. The van der Waals surface area contributed by atoms with Gasteiger partial charge in [0.15, 0.2) is 6.10 Å². The number of imide groups is 1. The van der Waals surface area contributed by atoms with Crippen LogP contribution in [0.5, 0.6) is 5.75 Å². The Morgan fingerprint density at radius 2 is 2.03 bits per heavy atom. The van der Waals surface area contributed by atoms with Crippen molar-refractivity contribution in [1.82, 2.24) is 15.5 Å². The lowest BCUT2D eigenvalue weighted by atomic mass is 10.1. The second-order valence-corrected chi connectivity index (χ2v) is 7.54. The average molecular weight is 404 g/mol. The van der Waals surface area contributed by atoms with E-state index in [0.717, 1.165) is 0 Å². The van der Waals surface area contributed by atoms with Gasteiger partial charge in [-0.2, -0.15) is 0 Å². The summed E-state index contributed by atoms with van der Waals surface area (Å²) in [4.78, 5) is 47.1. The van der Waals surface area contributed by atoms with E-state index < -0.39 is 29.1 Å². The summed E-state index contributed by atoms with van der Waals surface area (Å²) in [6, 6.07) is 3.31. The molecule has 2 aliphatic rings. The normalized spacial score (nSPS) is 20.5. The van der Waals surface area contributed by atoms with Crippen LogP contribution in [0.3, 0.4) is 0 Å². The van der Waals surface area contributed by atoms with Crippen molar-refractivity contribution >= 4 is 29.8 Å². The summed E-state index contributed by atoms with van der Waals surface area (Å²) in [7, 11) is 0. The van der Waals surface area contributed by atoms with Crippen LogP contribution in [0.25, 0.3) is 6.08 Å². The minimum atomic E-state index is -0.706. The first kappa shape index (κ1) is 20.1. The molecule has 1 unspecified atom stereocenters. The fourth-order valence-corrected chi connectivity index (χ4v) is 2.89. The number of carbonyl (C=O) groups is 3. The summed E-state index contributed by atoms with van der Waals surface area (Å²) in [6.07, 6.45) is 0.282. The number of carbonyl (C=O) groups excluding carboxylic acids is 3. The number of hydrogen-bond acceptors (Lipinski definition) is 7. The lowest BCUT2D eigenvalue weighted by Crippen LogP contribution is -2.42. The molecule has 0 radical (unpaired) electrons. The molecule has 3 rings (SSSR count). The molecule has 29 heavy (non-hydrogen) atoms. The van der Waals surface area contributed by atoms with E-state index in [0.29, 0.717) is 6.54 Å². The highest BCUT2D eigenvalue weighted by Crippen LogP contribution is 2.28. The lowest BCUT2D eigenvalue weighted by Gasteiger charge is -2.29. The van der Waals surface area contributed by atoms with Crippen LogP contribution in [0.2, 0.25) is 0 Å². The Morgan fingerprint density at radius 1 is 1.31 bits per heavy atom. The van der Waals surface area contributed by atoms with Gasteiger partial charge in [0.1, 0.15) is 18.1 Å². The molecule has 2 saturated heterocycles. The van der Waals surface area contributed by atoms with Gasteiger partial charge in [-0.05, 0) is 39.0 Å². The van der Waals surface area contributed by atoms with E-state index in [2.05, 4.69) is 5.32 Å². The van der Waals surface area contributed by atoms with E-state index in [1.165, 1.54) is 24.3 Å². The number of nitrogens with zero attached hydrogens (tertiary/aromatic N) is 2. The van der Waals surface area contributed by atoms with Gasteiger partial charge in [0.25, 0.3) is 11.6 Å². The molecular formula is C18H20N4O7. The molecule has 0 spiro atoms. The fraction of sp³-hybridized carbons (Fsp3) is 0.389. The third-order valence-electron chi connectivity index (χ3n) is 4.34. The minimum Gasteiger partial charge on any atom is -0.490 e. The Bertz CT molecular complexity index is 919. The standard InChI is InChI=1S/C18H20N4O7/c1-18(2,3)21-8-12(29-17(21)25)9-28-11-4-5-14(22(26)27)10(6-11)7-13-15(23)20-16(24)19-13/h4-7,12H,8-9H2,1-3H3,(H2,19,20,23,24). The van der Waals surface area contributed by atoms with Gasteiger partial charge in [0.2, 0.25) is 0 Å². The summed E-state index contributed by atoms with van der Waals surface area (Å²) in [5.41, 5.74) is -0.671. The molecule has 11 heteroatoms. The van der Waals surface area contributed by atoms with Crippen LogP contribution >= 0.6 is 0 Å². The zero-order chi connectivity index (χ0) is 21.3. The van der Waals surface area contributed by atoms with Gasteiger partial charge in [-0.3, -0.25) is 25.1 Å².